The Labute approximate surface area is 94.0 Å². The first kappa shape index (κ1) is 12.9. The Morgan fingerprint density at radius 1 is 1.47 bits per heavy atom. The molecule has 1 heterocycles. The van der Waals surface area contributed by atoms with E-state index in [1.54, 1.807) is 7.11 Å². The van der Waals surface area contributed by atoms with Crippen LogP contribution in [0.5, 0.6) is 0 Å². The van der Waals surface area contributed by atoms with Crippen molar-refractivity contribution in [3.8, 4) is 0 Å². The number of rotatable bonds is 7. The van der Waals surface area contributed by atoms with E-state index in [1.165, 1.54) is 32.4 Å². The molecule has 1 aliphatic rings. The van der Waals surface area contributed by atoms with Crippen molar-refractivity contribution in [3.05, 3.63) is 0 Å². The number of ether oxygens (including phenoxy) is 1. The van der Waals surface area contributed by atoms with Gasteiger partial charge in [-0.1, -0.05) is 6.92 Å². The molecule has 2 atom stereocenters. The third-order valence-corrected chi connectivity index (χ3v) is 3.40. The fraction of sp³-hybridized carbons (Fsp3) is 1.00. The van der Waals surface area contributed by atoms with Gasteiger partial charge in [-0.3, -0.25) is 0 Å². The largest absolute Gasteiger partial charge is 0.383 e. The maximum Gasteiger partial charge on any atom is 0.0587 e. The maximum absolute atomic E-state index is 4.99. The van der Waals surface area contributed by atoms with Gasteiger partial charge < -0.3 is 15.4 Å². The molecule has 2 N–H and O–H groups in total. The van der Waals surface area contributed by atoms with Crippen LogP contribution in [0, 0.1) is 11.8 Å². The van der Waals surface area contributed by atoms with E-state index in [2.05, 4.69) is 17.6 Å². The highest BCUT2D eigenvalue weighted by molar-refractivity contribution is 4.74. The fourth-order valence-electron chi connectivity index (χ4n) is 2.23. The standard InChI is InChI=1S/C12H26N2O/c1-11(5-7-13-8-9-15-2)12-4-3-6-14-10-12/h11-14H,3-10H2,1-2H3. The lowest BCUT2D eigenvalue weighted by Crippen LogP contribution is -2.34. The summed E-state index contributed by atoms with van der Waals surface area (Å²) in [5.74, 6) is 1.73. The van der Waals surface area contributed by atoms with Crippen LogP contribution in [0.1, 0.15) is 26.2 Å². The van der Waals surface area contributed by atoms with Crippen LogP contribution < -0.4 is 10.6 Å². The van der Waals surface area contributed by atoms with Crippen LogP contribution in [0.2, 0.25) is 0 Å². The summed E-state index contributed by atoms with van der Waals surface area (Å²) in [5.41, 5.74) is 0. The average Bonchev–Trinajstić information content (AvgIpc) is 2.30. The quantitative estimate of drug-likeness (QED) is 0.626. The molecule has 3 nitrogen and oxygen atoms in total. The lowest BCUT2D eigenvalue weighted by molar-refractivity contribution is 0.197. The number of nitrogens with one attached hydrogen (secondary N) is 2. The second kappa shape index (κ2) is 8.08. The molecule has 0 amide bonds. The molecule has 0 aromatic carbocycles. The lowest BCUT2D eigenvalue weighted by atomic mass is 9.85. The predicted octanol–water partition coefficient (Wildman–Crippen LogP) is 1.25. The highest BCUT2D eigenvalue weighted by Crippen LogP contribution is 2.21. The van der Waals surface area contributed by atoms with Gasteiger partial charge in [-0.05, 0) is 50.7 Å². The van der Waals surface area contributed by atoms with E-state index in [1.807, 2.05) is 0 Å². The van der Waals surface area contributed by atoms with Crippen molar-refractivity contribution in [1.29, 1.82) is 0 Å². The van der Waals surface area contributed by atoms with Crippen LogP contribution in [0.25, 0.3) is 0 Å². The van der Waals surface area contributed by atoms with E-state index in [0.29, 0.717) is 0 Å². The van der Waals surface area contributed by atoms with Gasteiger partial charge in [0.2, 0.25) is 0 Å². The van der Waals surface area contributed by atoms with Gasteiger partial charge in [0, 0.05) is 13.7 Å². The summed E-state index contributed by atoms with van der Waals surface area (Å²) in [6.07, 6.45) is 4.05. The molecule has 1 rings (SSSR count). The molecule has 1 fully saturated rings. The van der Waals surface area contributed by atoms with Crippen LogP contribution in [0.3, 0.4) is 0 Å². The Balaban J connectivity index is 1.99. The van der Waals surface area contributed by atoms with Gasteiger partial charge in [0.25, 0.3) is 0 Å². The molecule has 15 heavy (non-hydrogen) atoms. The molecule has 1 aliphatic heterocycles. The zero-order valence-electron chi connectivity index (χ0n) is 10.2. The molecule has 0 bridgehead atoms. The monoisotopic (exact) mass is 214 g/mol. The second-order valence-electron chi connectivity index (χ2n) is 4.62. The van der Waals surface area contributed by atoms with Gasteiger partial charge in [0.05, 0.1) is 6.61 Å². The van der Waals surface area contributed by atoms with Crippen LogP contribution in [0.15, 0.2) is 0 Å². The summed E-state index contributed by atoms with van der Waals surface area (Å²) in [6, 6.07) is 0. The number of hydrogen-bond donors (Lipinski definition) is 2. The summed E-state index contributed by atoms with van der Waals surface area (Å²) in [6.45, 7) is 7.75. The topological polar surface area (TPSA) is 33.3 Å². The molecule has 0 saturated carbocycles. The molecule has 0 aliphatic carbocycles. The molecule has 2 unspecified atom stereocenters. The van der Waals surface area contributed by atoms with Crippen molar-refractivity contribution in [2.75, 3.05) is 39.9 Å². The van der Waals surface area contributed by atoms with Crippen LogP contribution >= 0.6 is 0 Å². The van der Waals surface area contributed by atoms with E-state index in [9.17, 15) is 0 Å². The molecular formula is C12H26N2O. The van der Waals surface area contributed by atoms with E-state index in [0.717, 1.165) is 31.5 Å². The Hall–Kier alpha value is -0.120. The summed E-state index contributed by atoms with van der Waals surface area (Å²) >= 11 is 0. The van der Waals surface area contributed by atoms with Crippen molar-refractivity contribution < 1.29 is 4.74 Å². The van der Waals surface area contributed by atoms with Crippen LogP contribution in [-0.4, -0.2) is 39.9 Å². The molecule has 90 valence electrons. The normalized spacial score (nSPS) is 24.0. The fourth-order valence-corrected chi connectivity index (χ4v) is 2.23. The Bertz CT molecular complexity index is 147. The SMILES string of the molecule is COCCNCCC(C)C1CCCNC1. The van der Waals surface area contributed by atoms with E-state index in [4.69, 9.17) is 4.74 Å². The predicted molar refractivity (Wildman–Crippen MR) is 64.1 cm³/mol. The van der Waals surface area contributed by atoms with Crippen molar-refractivity contribution in [2.24, 2.45) is 11.8 Å². The van der Waals surface area contributed by atoms with Crippen LogP contribution in [0.4, 0.5) is 0 Å². The van der Waals surface area contributed by atoms with Gasteiger partial charge in [-0.2, -0.15) is 0 Å². The first-order valence-electron chi connectivity index (χ1n) is 6.25. The highest BCUT2D eigenvalue weighted by atomic mass is 16.5. The number of hydrogen-bond acceptors (Lipinski definition) is 3. The Kier molecular flexibility index (Phi) is 6.98. The van der Waals surface area contributed by atoms with Gasteiger partial charge in [0.1, 0.15) is 0 Å². The molecule has 1 saturated heterocycles. The molecule has 3 heteroatoms. The lowest BCUT2D eigenvalue weighted by Gasteiger charge is -2.28. The van der Waals surface area contributed by atoms with Crippen molar-refractivity contribution in [1.82, 2.24) is 10.6 Å². The Morgan fingerprint density at radius 2 is 2.33 bits per heavy atom. The Morgan fingerprint density at radius 3 is 3.00 bits per heavy atom. The third-order valence-electron chi connectivity index (χ3n) is 3.40. The summed E-state index contributed by atoms with van der Waals surface area (Å²) in [7, 11) is 1.75. The smallest absolute Gasteiger partial charge is 0.0587 e. The maximum atomic E-state index is 4.99. The van der Waals surface area contributed by atoms with Gasteiger partial charge >= 0.3 is 0 Å². The minimum atomic E-state index is 0.819. The number of methoxy groups -OCH3 is 1. The van der Waals surface area contributed by atoms with E-state index < -0.39 is 0 Å². The summed E-state index contributed by atoms with van der Waals surface area (Å²) in [5, 5.41) is 6.90. The van der Waals surface area contributed by atoms with Gasteiger partial charge in [-0.25, -0.2) is 0 Å². The first-order chi connectivity index (χ1) is 7.34. The summed E-state index contributed by atoms with van der Waals surface area (Å²) in [4.78, 5) is 0. The van der Waals surface area contributed by atoms with Gasteiger partial charge in [-0.15, -0.1) is 0 Å². The van der Waals surface area contributed by atoms with Crippen molar-refractivity contribution >= 4 is 0 Å². The second-order valence-corrected chi connectivity index (χ2v) is 4.62. The summed E-state index contributed by atoms with van der Waals surface area (Å²) < 4.78 is 4.99. The van der Waals surface area contributed by atoms with E-state index >= 15 is 0 Å². The molecule has 0 aromatic rings. The molecular weight excluding hydrogens is 188 g/mol. The average molecular weight is 214 g/mol. The molecule has 0 spiro atoms. The van der Waals surface area contributed by atoms with Gasteiger partial charge in [0.15, 0.2) is 0 Å². The molecule has 0 aromatic heterocycles. The van der Waals surface area contributed by atoms with Crippen molar-refractivity contribution in [2.45, 2.75) is 26.2 Å². The third kappa shape index (κ3) is 5.50. The van der Waals surface area contributed by atoms with Crippen LogP contribution in [-0.2, 0) is 4.74 Å². The number of piperidine rings is 1. The minimum absolute atomic E-state index is 0.819. The zero-order chi connectivity index (χ0) is 10.9. The molecule has 0 radical (unpaired) electrons. The zero-order valence-corrected chi connectivity index (χ0v) is 10.2. The van der Waals surface area contributed by atoms with Crippen molar-refractivity contribution in [3.63, 3.8) is 0 Å². The first-order valence-corrected chi connectivity index (χ1v) is 6.25. The highest BCUT2D eigenvalue weighted by Gasteiger charge is 2.18. The minimum Gasteiger partial charge on any atom is -0.383 e. The van der Waals surface area contributed by atoms with E-state index in [-0.39, 0.29) is 0 Å².